The van der Waals surface area contributed by atoms with Crippen LogP contribution in [0.5, 0.6) is 0 Å². The van der Waals surface area contributed by atoms with Crippen LogP contribution in [0.2, 0.25) is 0 Å². The molecule has 3 rings (SSSR count). The lowest BCUT2D eigenvalue weighted by Gasteiger charge is -2.14. The topological polar surface area (TPSA) is 78.5 Å². The highest BCUT2D eigenvalue weighted by Crippen LogP contribution is 2.30. The van der Waals surface area contributed by atoms with E-state index in [1.54, 1.807) is 0 Å². The largest absolute Gasteiger partial charge is 0.416 e. The number of benzene rings is 2. The molecule has 0 radical (unpaired) electrons. The van der Waals surface area contributed by atoms with Crippen LogP contribution in [-0.2, 0) is 22.2 Å². The summed E-state index contributed by atoms with van der Waals surface area (Å²) in [6.07, 6.45) is -3.60. The monoisotopic (exact) mass is 405 g/mol. The maximum Gasteiger partial charge on any atom is 0.416 e. The number of rotatable bonds is 6. The van der Waals surface area contributed by atoms with E-state index in [4.69, 9.17) is 0 Å². The summed E-state index contributed by atoms with van der Waals surface area (Å²) in [5.74, 6) is -1.30. The molecule has 1 heterocycles. The molecule has 1 unspecified atom stereocenters. The number of carbonyl (C=O) groups is 3. The standard InChI is InChI=1S/C20H18F3N3O3/c21-20(22,23)14-7-4-8-15(11-14)24-17(27)12-26-18(28)16(25-19(26)29)10-9-13-5-2-1-3-6-13/h1-8,11,16H,9-10,12H2,(H,24,27)(H,25,29). The first kappa shape index (κ1) is 20.4. The summed E-state index contributed by atoms with van der Waals surface area (Å²) < 4.78 is 38.3. The van der Waals surface area contributed by atoms with Crippen LogP contribution >= 0.6 is 0 Å². The normalized spacial score (nSPS) is 16.7. The molecule has 0 aliphatic carbocycles. The molecule has 6 nitrogen and oxygen atoms in total. The van der Waals surface area contributed by atoms with Gasteiger partial charge in [-0.3, -0.25) is 14.5 Å². The third kappa shape index (κ3) is 5.13. The van der Waals surface area contributed by atoms with Gasteiger partial charge in [0.2, 0.25) is 5.91 Å². The van der Waals surface area contributed by atoms with Gasteiger partial charge in [0.25, 0.3) is 5.91 Å². The number of hydrogen-bond acceptors (Lipinski definition) is 3. The van der Waals surface area contributed by atoms with E-state index in [1.807, 2.05) is 30.3 Å². The van der Waals surface area contributed by atoms with Crippen LogP contribution in [0.15, 0.2) is 54.6 Å². The molecule has 2 aromatic carbocycles. The Hall–Kier alpha value is -3.36. The van der Waals surface area contributed by atoms with Gasteiger partial charge in [-0.25, -0.2) is 4.79 Å². The van der Waals surface area contributed by atoms with E-state index in [-0.39, 0.29) is 5.69 Å². The molecular weight excluding hydrogens is 387 g/mol. The first-order valence-electron chi connectivity index (χ1n) is 8.87. The number of anilines is 1. The van der Waals surface area contributed by atoms with Gasteiger partial charge in [0.05, 0.1) is 5.56 Å². The molecular formula is C20H18F3N3O3. The van der Waals surface area contributed by atoms with E-state index in [0.717, 1.165) is 28.7 Å². The van der Waals surface area contributed by atoms with Crippen molar-refractivity contribution in [2.45, 2.75) is 25.1 Å². The number of urea groups is 1. The molecule has 29 heavy (non-hydrogen) atoms. The molecule has 9 heteroatoms. The third-order valence-electron chi connectivity index (χ3n) is 4.45. The number of amides is 4. The fourth-order valence-electron chi connectivity index (χ4n) is 3.00. The molecule has 2 aromatic rings. The summed E-state index contributed by atoms with van der Waals surface area (Å²) in [7, 11) is 0. The van der Waals surface area contributed by atoms with Crippen LogP contribution in [0.4, 0.5) is 23.7 Å². The maximum absolute atomic E-state index is 12.8. The zero-order valence-electron chi connectivity index (χ0n) is 15.2. The minimum absolute atomic E-state index is 0.0718. The van der Waals surface area contributed by atoms with E-state index >= 15 is 0 Å². The van der Waals surface area contributed by atoms with E-state index < -0.39 is 42.2 Å². The van der Waals surface area contributed by atoms with Crippen molar-refractivity contribution >= 4 is 23.5 Å². The average Bonchev–Trinajstić information content (AvgIpc) is 2.94. The number of alkyl halides is 3. The molecule has 1 saturated heterocycles. The summed E-state index contributed by atoms with van der Waals surface area (Å²) in [6, 6.07) is 12.1. The Morgan fingerprint density at radius 3 is 2.48 bits per heavy atom. The molecule has 1 atom stereocenters. The quantitative estimate of drug-likeness (QED) is 0.725. The van der Waals surface area contributed by atoms with Crippen molar-refractivity contribution < 1.29 is 27.6 Å². The molecule has 1 aliphatic heterocycles. The van der Waals surface area contributed by atoms with Crippen molar-refractivity contribution in [3.63, 3.8) is 0 Å². The number of carbonyl (C=O) groups excluding carboxylic acids is 3. The summed E-state index contributed by atoms with van der Waals surface area (Å²) in [5.41, 5.74) is 0.0269. The van der Waals surface area contributed by atoms with Gasteiger partial charge in [0.1, 0.15) is 12.6 Å². The van der Waals surface area contributed by atoms with E-state index in [9.17, 15) is 27.6 Å². The Morgan fingerprint density at radius 2 is 1.79 bits per heavy atom. The lowest BCUT2D eigenvalue weighted by atomic mass is 10.1. The Balaban J connectivity index is 1.57. The minimum atomic E-state index is -4.54. The van der Waals surface area contributed by atoms with Crippen molar-refractivity contribution in [2.75, 3.05) is 11.9 Å². The predicted molar refractivity (Wildman–Crippen MR) is 98.9 cm³/mol. The highest BCUT2D eigenvalue weighted by Gasteiger charge is 2.38. The zero-order valence-corrected chi connectivity index (χ0v) is 15.2. The van der Waals surface area contributed by atoms with E-state index in [1.165, 1.54) is 6.07 Å². The van der Waals surface area contributed by atoms with Crippen LogP contribution in [-0.4, -0.2) is 35.3 Å². The molecule has 0 bridgehead atoms. The zero-order chi connectivity index (χ0) is 21.0. The number of nitrogens with zero attached hydrogens (tertiary/aromatic N) is 1. The predicted octanol–water partition coefficient (Wildman–Crippen LogP) is 3.20. The van der Waals surface area contributed by atoms with Gasteiger partial charge in [-0.15, -0.1) is 0 Å². The van der Waals surface area contributed by atoms with Crippen LogP contribution in [0, 0.1) is 0 Å². The van der Waals surface area contributed by atoms with Gasteiger partial charge in [0, 0.05) is 5.69 Å². The van der Waals surface area contributed by atoms with Gasteiger partial charge < -0.3 is 10.6 Å². The number of aryl methyl sites for hydroxylation is 1. The van der Waals surface area contributed by atoms with Crippen molar-refractivity contribution in [3.05, 3.63) is 65.7 Å². The fraction of sp³-hybridized carbons (Fsp3) is 0.250. The average molecular weight is 405 g/mol. The van der Waals surface area contributed by atoms with Crippen molar-refractivity contribution in [1.82, 2.24) is 10.2 Å². The number of nitrogens with one attached hydrogen (secondary N) is 2. The second-order valence-corrected chi connectivity index (χ2v) is 6.58. The molecule has 0 aromatic heterocycles. The highest BCUT2D eigenvalue weighted by atomic mass is 19.4. The molecule has 1 aliphatic rings. The SMILES string of the molecule is O=C(CN1C(=O)NC(CCc2ccccc2)C1=O)Nc1cccc(C(F)(F)F)c1. The van der Waals surface area contributed by atoms with Crippen molar-refractivity contribution in [1.29, 1.82) is 0 Å². The molecule has 4 amide bonds. The second-order valence-electron chi connectivity index (χ2n) is 6.58. The number of halogens is 3. The Bertz CT molecular complexity index is 916. The fourth-order valence-corrected chi connectivity index (χ4v) is 3.00. The van der Waals surface area contributed by atoms with Crippen molar-refractivity contribution in [2.24, 2.45) is 0 Å². The molecule has 2 N–H and O–H groups in total. The second kappa shape index (κ2) is 8.34. The summed E-state index contributed by atoms with van der Waals surface area (Å²) in [5, 5.41) is 4.81. The first-order valence-corrected chi connectivity index (χ1v) is 8.87. The van der Waals surface area contributed by atoms with Crippen LogP contribution in [0.25, 0.3) is 0 Å². The maximum atomic E-state index is 12.8. The molecule has 0 saturated carbocycles. The number of hydrogen-bond donors (Lipinski definition) is 2. The van der Waals surface area contributed by atoms with Crippen molar-refractivity contribution in [3.8, 4) is 0 Å². The molecule has 152 valence electrons. The molecule has 0 spiro atoms. The van der Waals surface area contributed by atoms with E-state index in [0.29, 0.717) is 12.8 Å². The molecule has 1 fully saturated rings. The third-order valence-corrected chi connectivity index (χ3v) is 4.45. The smallest absolute Gasteiger partial charge is 0.326 e. The van der Waals surface area contributed by atoms with Gasteiger partial charge in [0.15, 0.2) is 0 Å². The highest BCUT2D eigenvalue weighted by molar-refractivity contribution is 6.07. The minimum Gasteiger partial charge on any atom is -0.326 e. The summed E-state index contributed by atoms with van der Waals surface area (Å²) in [6.45, 7) is -0.581. The summed E-state index contributed by atoms with van der Waals surface area (Å²) in [4.78, 5) is 37.4. The van der Waals surface area contributed by atoms with Crippen LogP contribution < -0.4 is 10.6 Å². The van der Waals surface area contributed by atoms with Gasteiger partial charge in [-0.05, 0) is 36.6 Å². The number of imide groups is 1. The van der Waals surface area contributed by atoms with Gasteiger partial charge in [-0.2, -0.15) is 13.2 Å². The Labute approximate surface area is 164 Å². The van der Waals surface area contributed by atoms with Gasteiger partial charge >= 0.3 is 12.2 Å². The van der Waals surface area contributed by atoms with Crippen LogP contribution in [0.3, 0.4) is 0 Å². The first-order chi connectivity index (χ1) is 13.7. The van der Waals surface area contributed by atoms with Crippen LogP contribution in [0.1, 0.15) is 17.5 Å². The lowest BCUT2D eigenvalue weighted by Crippen LogP contribution is -2.38. The Kier molecular flexibility index (Phi) is 5.86. The van der Waals surface area contributed by atoms with E-state index in [2.05, 4.69) is 10.6 Å². The lowest BCUT2D eigenvalue weighted by molar-refractivity contribution is -0.137. The summed E-state index contributed by atoms with van der Waals surface area (Å²) >= 11 is 0. The van der Waals surface area contributed by atoms with Gasteiger partial charge in [-0.1, -0.05) is 36.4 Å². The Morgan fingerprint density at radius 1 is 1.07 bits per heavy atom.